The van der Waals surface area contributed by atoms with E-state index in [1.807, 2.05) is 13.8 Å². The average Bonchev–Trinajstić information content (AvgIpc) is 2.08. The molecule has 0 aromatic heterocycles. The lowest BCUT2D eigenvalue weighted by Gasteiger charge is -2.31. The Morgan fingerprint density at radius 3 is 2.17 bits per heavy atom. The molecule has 0 aromatic rings. The van der Waals surface area contributed by atoms with Crippen molar-refractivity contribution in [3.8, 4) is 0 Å². The van der Waals surface area contributed by atoms with E-state index in [0.29, 0.717) is 6.10 Å². The number of hydrogen-bond donors (Lipinski definition) is 0. The zero-order valence-corrected chi connectivity index (χ0v) is 9.13. The van der Waals surface area contributed by atoms with E-state index in [4.69, 9.17) is 4.74 Å². The van der Waals surface area contributed by atoms with Crippen LogP contribution in [0.2, 0.25) is 0 Å². The maximum atomic E-state index is 5.43. The Balaban J connectivity index is 0.000000561. The van der Waals surface area contributed by atoms with Crippen LogP contribution in [0.25, 0.3) is 0 Å². The third-order valence-corrected chi connectivity index (χ3v) is 2.19. The zero-order valence-electron chi connectivity index (χ0n) is 9.13. The molecule has 1 aliphatic rings. The summed E-state index contributed by atoms with van der Waals surface area (Å²) in [6, 6.07) is 0.740. The van der Waals surface area contributed by atoms with Crippen LogP contribution in [0.4, 0.5) is 0 Å². The van der Waals surface area contributed by atoms with Crippen LogP contribution in [0.1, 0.15) is 33.6 Å². The summed E-state index contributed by atoms with van der Waals surface area (Å²) in [6.45, 7) is 7.08. The van der Waals surface area contributed by atoms with Gasteiger partial charge in [0.2, 0.25) is 0 Å². The lowest BCUT2D eigenvalue weighted by atomic mass is 10.0. The van der Waals surface area contributed by atoms with E-state index in [9.17, 15) is 0 Å². The summed E-state index contributed by atoms with van der Waals surface area (Å²) in [7, 11) is 4.28. The van der Waals surface area contributed by atoms with E-state index in [-0.39, 0.29) is 0 Å². The van der Waals surface area contributed by atoms with Crippen LogP contribution >= 0.6 is 0 Å². The molecule has 1 rings (SSSR count). The first-order valence-electron chi connectivity index (χ1n) is 4.98. The summed E-state index contributed by atoms with van der Waals surface area (Å²) in [6.07, 6.45) is 2.84. The van der Waals surface area contributed by atoms with Crippen LogP contribution in [0, 0.1) is 0 Å². The summed E-state index contributed by atoms with van der Waals surface area (Å²) in [5.41, 5.74) is 0. The van der Waals surface area contributed by atoms with E-state index in [1.54, 1.807) is 0 Å². The molecule has 0 amide bonds. The second-order valence-electron chi connectivity index (χ2n) is 3.32. The molecular weight excluding hydrogens is 150 g/mol. The van der Waals surface area contributed by atoms with Gasteiger partial charge in [0, 0.05) is 12.6 Å². The van der Waals surface area contributed by atoms with Gasteiger partial charge >= 0.3 is 0 Å². The molecule has 0 aromatic carbocycles. The van der Waals surface area contributed by atoms with Crippen molar-refractivity contribution < 1.29 is 4.74 Å². The van der Waals surface area contributed by atoms with Gasteiger partial charge in [0.15, 0.2) is 0 Å². The first-order valence-corrected chi connectivity index (χ1v) is 4.98. The van der Waals surface area contributed by atoms with Gasteiger partial charge in [-0.15, -0.1) is 0 Å². The summed E-state index contributed by atoms with van der Waals surface area (Å²) in [4.78, 5) is 2.29. The molecule has 0 saturated carbocycles. The fourth-order valence-electron chi connectivity index (χ4n) is 1.44. The highest BCUT2D eigenvalue weighted by molar-refractivity contribution is 4.73. The van der Waals surface area contributed by atoms with E-state index in [1.165, 1.54) is 12.8 Å². The van der Waals surface area contributed by atoms with Gasteiger partial charge in [-0.25, -0.2) is 0 Å². The first kappa shape index (κ1) is 11.9. The minimum atomic E-state index is 0.459. The van der Waals surface area contributed by atoms with Crippen molar-refractivity contribution in [2.75, 3.05) is 20.7 Å². The van der Waals surface area contributed by atoms with E-state index in [2.05, 4.69) is 25.9 Å². The maximum Gasteiger partial charge on any atom is 0.0561 e. The van der Waals surface area contributed by atoms with Crippen molar-refractivity contribution in [3.63, 3.8) is 0 Å². The molecule has 1 heterocycles. The SMILES string of the molecule is CC.CC1CC(N(C)C)CCO1. The van der Waals surface area contributed by atoms with Crippen LogP contribution < -0.4 is 0 Å². The zero-order chi connectivity index (χ0) is 9.56. The highest BCUT2D eigenvalue weighted by atomic mass is 16.5. The molecule has 1 aliphatic heterocycles. The molecule has 1 saturated heterocycles. The van der Waals surface area contributed by atoms with Gasteiger partial charge < -0.3 is 9.64 Å². The van der Waals surface area contributed by atoms with Gasteiger partial charge in [-0.1, -0.05) is 13.8 Å². The summed E-state index contributed by atoms with van der Waals surface area (Å²) >= 11 is 0. The minimum Gasteiger partial charge on any atom is -0.378 e. The quantitative estimate of drug-likeness (QED) is 0.602. The van der Waals surface area contributed by atoms with Crippen LogP contribution in [-0.4, -0.2) is 37.7 Å². The summed E-state index contributed by atoms with van der Waals surface area (Å²) < 4.78 is 5.43. The molecule has 0 spiro atoms. The van der Waals surface area contributed by atoms with Gasteiger partial charge in [0.25, 0.3) is 0 Å². The van der Waals surface area contributed by atoms with Crippen LogP contribution in [-0.2, 0) is 4.74 Å². The second kappa shape index (κ2) is 6.44. The number of nitrogens with zero attached hydrogens (tertiary/aromatic N) is 1. The van der Waals surface area contributed by atoms with E-state index in [0.717, 1.165) is 12.6 Å². The number of ether oxygens (including phenoxy) is 1. The number of hydrogen-bond acceptors (Lipinski definition) is 2. The molecule has 2 atom stereocenters. The Bertz CT molecular complexity index is 104. The van der Waals surface area contributed by atoms with Crippen LogP contribution in [0.15, 0.2) is 0 Å². The van der Waals surface area contributed by atoms with Crippen molar-refractivity contribution >= 4 is 0 Å². The second-order valence-corrected chi connectivity index (χ2v) is 3.32. The van der Waals surface area contributed by atoms with Gasteiger partial charge in [-0.05, 0) is 33.9 Å². The van der Waals surface area contributed by atoms with Crippen LogP contribution in [0.3, 0.4) is 0 Å². The normalized spacial score (nSPS) is 29.5. The molecule has 1 fully saturated rings. The predicted octanol–water partition coefficient (Wildman–Crippen LogP) is 2.14. The van der Waals surface area contributed by atoms with Crippen molar-refractivity contribution in [1.82, 2.24) is 4.90 Å². The standard InChI is InChI=1S/C8H17NO.C2H6/c1-7-6-8(9(2)3)4-5-10-7;1-2/h7-8H,4-6H2,1-3H3;1-2H3. The monoisotopic (exact) mass is 173 g/mol. The first-order chi connectivity index (χ1) is 5.70. The Morgan fingerprint density at radius 2 is 1.83 bits per heavy atom. The predicted molar refractivity (Wildman–Crippen MR) is 53.5 cm³/mol. The molecule has 0 N–H and O–H groups in total. The Labute approximate surface area is 76.9 Å². The molecule has 2 heteroatoms. The molecule has 2 unspecified atom stereocenters. The Morgan fingerprint density at radius 1 is 1.25 bits per heavy atom. The van der Waals surface area contributed by atoms with Gasteiger partial charge in [0.1, 0.15) is 0 Å². The van der Waals surface area contributed by atoms with E-state index < -0.39 is 0 Å². The van der Waals surface area contributed by atoms with Crippen molar-refractivity contribution in [1.29, 1.82) is 0 Å². The molecular formula is C10H23NO. The highest BCUT2D eigenvalue weighted by Crippen LogP contribution is 2.16. The van der Waals surface area contributed by atoms with Gasteiger partial charge in [0.05, 0.1) is 6.10 Å². The van der Waals surface area contributed by atoms with Crippen molar-refractivity contribution in [2.45, 2.75) is 45.8 Å². The highest BCUT2D eigenvalue weighted by Gasteiger charge is 2.20. The minimum absolute atomic E-state index is 0.459. The lowest BCUT2D eigenvalue weighted by Crippen LogP contribution is -2.37. The lowest BCUT2D eigenvalue weighted by molar-refractivity contribution is -0.00673. The van der Waals surface area contributed by atoms with Gasteiger partial charge in [-0.2, -0.15) is 0 Å². The summed E-state index contributed by atoms with van der Waals surface area (Å²) in [5, 5.41) is 0. The Hall–Kier alpha value is -0.0800. The van der Waals surface area contributed by atoms with Gasteiger partial charge in [-0.3, -0.25) is 0 Å². The molecule has 74 valence electrons. The molecule has 12 heavy (non-hydrogen) atoms. The third-order valence-electron chi connectivity index (χ3n) is 2.19. The average molecular weight is 173 g/mol. The Kier molecular flexibility index (Phi) is 6.39. The molecule has 0 radical (unpaired) electrons. The smallest absolute Gasteiger partial charge is 0.0561 e. The largest absolute Gasteiger partial charge is 0.378 e. The molecule has 0 bridgehead atoms. The maximum absolute atomic E-state index is 5.43. The van der Waals surface area contributed by atoms with E-state index >= 15 is 0 Å². The number of rotatable bonds is 1. The molecule has 0 aliphatic carbocycles. The summed E-state index contributed by atoms with van der Waals surface area (Å²) in [5.74, 6) is 0. The van der Waals surface area contributed by atoms with Crippen molar-refractivity contribution in [2.24, 2.45) is 0 Å². The fraction of sp³-hybridized carbons (Fsp3) is 1.00. The fourth-order valence-corrected chi connectivity index (χ4v) is 1.44. The van der Waals surface area contributed by atoms with Crippen molar-refractivity contribution in [3.05, 3.63) is 0 Å². The topological polar surface area (TPSA) is 12.5 Å². The molecule has 2 nitrogen and oxygen atoms in total. The van der Waals surface area contributed by atoms with Crippen LogP contribution in [0.5, 0.6) is 0 Å². The third kappa shape index (κ3) is 4.07.